The summed E-state index contributed by atoms with van der Waals surface area (Å²) in [6.45, 7) is 2.73. The van der Waals surface area contributed by atoms with Gasteiger partial charge >= 0.3 is 13.9 Å². The molecule has 1 unspecified atom stereocenters. The van der Waals surface area contributed by atoms with Crippen LogP contribution in [0.1, 0.15) is 25.6 Å². The number of nitrogens with zero attached hydrogens (tertiary/aromatic N) is 4. The molecule has 0 radical (unpaired) electrons. The number of carbonyl (C=O) groups is 1. The highest BCUT2D eigenvalue weighted by Crippen LogP contribution is 2.48. The quantitative estimate of drug-likeness (QED) is 0.135. The molecule has 4 rings (SSSR count). The van der Waals surface area contributed by atoms with Crippen molar-refractivity contribution >= 4 is 25.2 Å². The number of ether oxygens (including phenoxy) is 3. The summed E-state index contributed by atoms with van der Waals surface area (Å²) >= 11 is 0. The topological polar surface area (TPSA) is 213 Å². The van der Waals surface area contributed by atoms with Gasteiger partial charge < -0.3 is 34.7 Å². The molecule has 1 aliphatic heterocycles. The number of benzene rings is 1. The van der Waals surface area contributed by atoms with E-state index in [1.165, 1.54) is 23.0 Å². The third kappa shape index (κ3) is 6.94. The highest BCUT2D eigenvalue weighted by molar-refractivity contribution is 7.52. The molecule has 0 bridgehead atoms. The highest BCUT2D eigenvalue weighted by Gasteiger charge is 2.57. The van der Waals surface area contributed by atoms with Crippen molar-refractivity contribution in [2.24, 2.45) is 5.92 Å². The van der Waals surface area contributed by atoms with Gasteiger partial charge in [0.05, 0.1) is 12.3 Å². The normalized spacial score (nSPS) is 23.7. The molecular weight excluding hydrogens is 559 g/mol. The summed E-state index contributed by atoms with van der Waals surface area (Å²) < 4.78 is 42.0. The average Bonchev–Trinajstić information content (AvgIpc) is 3.49. The Labute approximate surface area is 235 Å². The molecule has 0 saturated carbocycles. The Kier molecular flexibility index (Phi) is 9.44. The van der Waals surface area contributed by atoms with Crippen molar-refractivity contribution in [2.75, 3.05) is 32.1 Å². The molecule has 0 aliphatic carbocycles. The van der Waals surface area contributed by atoms with Crippen LogP contribution >= 0.6 is 7.75 Å². The number of aliphatic hydroxyl groups excluding tert-OH is 2. The third-order valence-corrected chi connectivity index (χ3v) is 7.55. The molecule has 0 spiro atoms. The second-order valence-corrected chi connectivity index (χ2v) is 11.3. The van der Waals surface area contributed by atoms with Gasteiger partial charge in [-0.1, -0.05) is 32.0 Å². The fraction of sp³-hybridized carbons (Fsp3) is 0.440. The van der Waals surface area contributed by atoms with Crippen molar-refractivity contribution in [1.82, 2.24) is 19.7 Å². The third-order valence-electron chi connectivity index (χ3n) is 6.02. The Morgan fingerprint density at radius 1 is 1.27 bits per heavy atom. The maximum absolute atomic E-state index is 13.7. The van der Waals surface area contributed by atoms with Gasteiger partial charge in [0.2, 0.25) is 5.60 Å². The minimum absolute atomic E-state index is 0.120. The summed E-state index contributed by atoms with van der Waals surface area (Å²) in [4.78, 5) is 15.6. The number of hydrogen-bond acceptors (Lipinski definition) is 13. The van der Waals surface area contributed by atoms with Crippen molar-refractivity contribution in [3.05, 3.63) is 54.5 Å². The molecule has 2 aromatic heterocycles. The van der Waals surface area contributed by atoms with Crippen molar-refractivity contribution in [1.29, 1.82) is 5.26 Å². The summed E-state index contributed by atoms with van der Waals surface area (Å²) in [5.74, 6) is 0.473. The van der Waals surface area contributed by atoms with Crippen LogP contribution < -0.4 is 15.3 Å². The smallest absolute Gasteiger partial charge is 0.434 e. The number of nitriles is 1. The van der Waals surface area contributed by atoms with Gasteiger partial charge in [0, 0.05) is 6.54 Å². The van der Waals surface area contributed by atoms with Crippen LogP contribution in [0.2, 0.25) is 0 Å². The lowest BCUT2D eigenvalue weighted by Gasteiger charge is -2.27. The van der Waals surface area contributed by atoms with Crippen LogP contribution in [-0.2, 0) is 23.3 Å². The van der Waals surface area contributed by atoms with E-state index in [2.05, 4.69) is 15.2 Å². The maximum atomic E-state index is 13.7. The van der Waals surface area contributed by atoms with E-state index in [1.54, 1.807) is 30.3 Å². The summed E-state index contributed by atoms with van der Waals surface area (Å²) in [6.07, 6.45) is -4.26. The second-order valence-electron chi connectivity index (χ2n) is 9.56. The summed E-state index contributed by atoms with van der Waals surface area (Å²) in [5, 5.41) is 38.4. The van der Waals surface area contributed by atoms with Crippen LogP contribution in [0.25, 0.3) is 5.52 Å². The van der Waals surface area contributed by atoms with Crippen molar-refractivity contribution < 1.29 is 42.8 Å². The zero-order valence-electron chi connectivity index (χ0n) is 22.3. The Bertz CT molecular complexity index is 1430. The first kappa shape index (κ1) is 30.2. The molecular formula is C25H31N6O9P. The van der Waals surface area contributed by atoms with E-state index >= 15 is 0 Å². The summed E-state index contributed by atoms with van der Waals surface area (Å²) in [5.41, 5.74) is 4.45. The molecule has 15 nitrogen and oxygen atoms in total. The van der Waals surface area contributed by atoms with Gasteiger partial charge in [-0.15, -0.1) is 0 Å². The number of nitrogens with one attached hydrogen (secondary N) is 1. The minimum Gasteiger partial charge on any atom is -0.434 e. The van der Waals surface area contributed by atoms with E-state index in [-0.39, 0.29) is 37.2 Å². The van der Waals surface area contributed by atoms with Crippen molar-refractivity contribution in [3.63, 3.8) is 0 Å². The first-order valence-corrected chi connectivity index (χ1v) is 14.2. The molecule has 1 saturated heterocycles. The van der Waals surface area contributed by atoms with Crippen LogP contribution in [0, 0.1) is 17.2 Å². The number of para-hydroxylation sites is 1. The lowest BCUT2D eigenvalue weighted by Crippen LogP contribution is -2.46. The fourth-order valence-electron chi connectivity index (χ4n) is 3.97. The number of hydrogen-bond donors (Lipinski definition) is 4. The Hall–Kier alpha value is -3.77. The monoisotopic (exact) mass is 590 g/mol. The zero-order chi connectivity index (χ0) is 29.6. The molecule has 41 heavy (non-hydrogen) atoms. The molecule has 220 valence electrons. The second kappa shape index (κ2) is 12.8. The van der Waals surface area contributed by atoms with Crippen LogP contribution in [-0.4, -0.2) is 75.1 Å². The number of aromatic nitrogens is 3. The molecule has 5 atom stereocenters. The van der Waals surface area contributed by atoms with E-state index < -0.39 is 44.4 Å². The predicted molar refractivity (Wildman–Crippen MR) is 142 cm³/mol. The number of fused-ring (bicyclic) bond motifs is 1. The zero-order valence-corrected chi connectivity index (χ0v) is 23.2. The van der Waals surface area contributed by atoms with Crippen LogP contribution in [0.3, 0.4) is 0 Å². The number of anilines is 1. The first-order chi connectivity index (χ1) is 19.6. The molecule has 1 fully saturated rings. The van der Waals surface area contributed by atoms with Gasteiger partial charge in [-0.2, -0.15) is 10.4 Å². The van der Waals surface area contributed by atoms with Gasteiger partial charge in [-0.3, -0.25) is 4.52 Å². The summed E-state index contributed by atoms with van der Waals surface area (Å²) in [6, 6.07) is 13.1. The molecule has 1 aliphatic rings. The Morgan fingerprint density at radius 2 is 2.02 bits per heavy atom. The standard InChI is InChI=1S/C25H31N6O9P/c1-16(2)12-37-24(34)36-11-10-30-41(35,40-17-6-4-3-5-7-17)38-14-25(13-26)22(33)20(32)21(39-25)18-8-9-19-23(27)28-15-29-31(18)19/h3-9,15-16,20-22,32-33H,10-12,14H2,1-2H3,(H,30,35)(H2,27,28,29)/t20-,21-,22-,25+,41?/m0/s1. The lowest BCUT2D eigenvalue weighted by atomic mass is 9.96. The predicted octanol–water partition coefficient (Wildman–Crippen LogP) is 1.97. The Morgan fingerprint density at radius 3 is 2.73 bits per heavy atom. The SMILES string of the molecule is CC(C)COC(=O)OCCNP(=O)(OC[C@@]1(C#N)O[C@@H](c2ccc3c(N)ncnn23)[C@H](O)[C@@H]1O)Oc1ccccc1. The van der Waals surface area contributed by atoms with Gasteiger partial charge in [-0.05, 0) is 30.2 Å². The van der Waals surface area contributed by atoms with Gasteiger partial charge in [0.25, 0.3) is 0 Å². The molecule has 3 heterocycles. The number of nitrogen functional groups attached to an aromatic ring is 1. The fourth-order valence-corrected chi connectivity index (χ4v) is 5.31. The summed E-state index contributed by atoms with van der Waals surface area (Å²) in [7, 11) is -4.26. The first-order valence-electron chi connectivity index (χ1n) is 12.6. The largest absolute Gasteiger partial charge is 0.508 e. The molecule has 1 aromatic carbocycles. The van der Waals surface area contributed by atoms with Crippen LogP contribution in [0.4, 0.5) is 10.6 Å². The molecule has 16 heteroatoms. The van der Waals surface area contributed by atoms with Crippen LogP contribution in [0.15, 0.2) is 48.8 Å². The number of rotatable bonds is 12. The van der Waals surface area contributed by atoms with Crippen LogP contribution in [0.5, 0.6) is 5.75 Å². The number of carbonyl (C=O) groups excluding carboxylic acids is 1. The molecule has 5 N–H and O–H groups in total. The van der Waals surface area contributed by atoms with Gasteiger partial charge in [-0.25, -0.2) is 23.9 Å². The van der Waals surface area contributed by atoms with Crippen molar-refractivity contribution in [2.45, 2.75) is 37.8 Å². The lowest BCUT2D eigenvalue weighted by molar-refractivity contribution is -0.0706. The minimum atomic E-state index is -4.26. The molecule has 3 aromatic rings. The average molecular weight is 591 g/mol. The van der Waals surface area contributed by atoms with E-state index in [9.17, 15) is 24.8 Å². The van der Waals surface area contributed by atoms with Crippen molar-refractivity contribution in [3.8, 4) is 11.8 Å². The van der Waals surface area contributed by atoms with E-state index in [0.717, 1.165) is 0 Å². The van der Waals surface area contributed by atoms with E-state index in [0.29, 0.717) is 11.2 Å². The van der Waals surface area contributed by atoms with Gasteiger partial charge in [0.1, 0.15) is 55.2 Å². The van der Waals surface area contributed by atoms with E-state index in [1.807, 2.05) is 19.9 Å². The number of aliphatic hydroxyl groups is 2. The maximum Gasteiger partial charge on any atom is 0.508 e. The Balaban J connectivity index is 1.48. The highest BCUT2D eigenvalue weighted by atomic mass is 31.2. The molecule has 0 amide bonds. The number of nitrogens with two attached hydrogens (primary N) is 1. The van der Waals surface area contributed by atoms with Gasteiger partial charge in [0.15, 0.2) is 5.82 Å². The van der Waals surface area contributed by atoms with E-state index in [4.69, 9.17) is 29.0 Å².